The van der Waals surface area contributed by atoms with Gasteiger partial charge in [-0.15, -0.1) is 11.3 Å². The topological polar surface area (TPSA) is 58.6 Å². The van der Waals surface area contributed by atoms with Crippen LogP contribution < -0.4 is 5.32 Å². The van der Waals surface area contributed by atoms with E-state index in [1.54, 1.807) is 23.3 Å². The van der Waals surface area contributed by atoms with Gasteiger partial charge in [0.1, 0.15) is 6.61 Å². The number of nitrogens with zero attached hydrogens (tertiary/aromatic N) is 1. The van der Waals surface area contributed by atoms with Crippen molar-refractivity contribution in [2.45, 2.75) is 12.8 Å². The molecule has 1 unspecified atom stereocenters. The number of thiophene rings is 1. The van der Waals surface area contributed by atoms with Crippen molar-refractivity contribution in [2.24, 2.45) is 5.41 Å². The van der Waals surface area contributed by atoms with Gasteiger partial charge in [-0.1, -0.05) is 30.3 Å². The van der Waals surface area contributed by atoms with Crippen molar-refractivity contribution >= 4 is 23.2 Å². The SMILES string of the molecule is CNC(=O)C1(Cc2ccccc2-c2cccs2)CCN(C(=O)COC)C1. The second-order valence-corrected chi connectivity index (χ2v) is 7.62. The molecule has 1 N–H and O–H groups in total. The Hall–Kier alpha value is -2.18. The number of carbonyl (C=O) groups excluding carboxylic acids is 2. The van der Waals surface area contributed by atoms with E-state index in [1.807, 2.05) is 18.2 Å². The fourth-order valence-electron chi connectivity index (χ4n) is 3.69. The Morgan fingerprint density at radius 2 is 2.08 bits per heavy atom. The molecular formula is C20H24N2O3S. The largest absolute Gasteiger partial charge is 0.375 e. The van der Waals surface area contributed by atoms with Crippen LogP contribution in [0.3, 0.4) is 0 Å². The second kappa shape index (κ2) is 8.01. The zero-order valence-electron chi connectivity index (χ0n) is 15.2. The van der Waals surface area contributed by atoms with Crippen molar-refractivity contribution in [3.8, 4) is 10.4 Å². The van der Waals surface area contributed by atoms with Crippen LogP contribution in [-0.4, -0.2) is 50.6 Å². The van der Waals surface area contributed by atoms with Gasteiger partial charge in [0.2, 0.25) is 11.8 Å². The van der Waals surface area contributed by atoms with Crippen LogP contribution >= 0.6 is 11.3 Å². The maximum atomic E-state index is 12.8. The Labute approximate surface area is 158 Å². The van der Waals surface area contributed by atoms with Gasteiger partial charge in [0.05, 0.1) is 5.41 Å². The second-order valence-electron chi connectivity index (χ2n) is 6.67. The predicted molar refractivity (Wildman–Crippen MR) is 103 cm³/mol. The summed E-state index contributed by atoms with van der Waals surface area (Å²) >= 11 is 1.69. The summed E-state index contributed by atoms with van der Waals surface area (Å²) in [5.41, 5.74) is 1.69. The van der Waals surface area contributed by atoms with E-state index < -0.39 is 5.41 Å². The molecule has 138 valence electrons. The molecule has 3 rings (SSSR count). The molecule has 1 atom stereocenters. The molecule has 1 saturated heterocycles. The molecule has 1 aliphatic heterocycles. The molecule has 0 aliphatic carbocycles. The van der Waals surface area contributed by atoms with E-state index >= 15 is 0 Å². The minimum absolute atomic E-state index is 0.00815. The van der Waals surface area contributed by atoms with Crippen LogP contribution in [0.1, 0.15) is 12.0 Å². The van der Waals surface area contributed by atoms with Crippen LogP contribution in [0.25, 0.3) is 10.4 Å². The van der Waals surface area contributed by atoms with Crippen molar-refractivity contribution in [2.75, 3.05) is 33.9 Å². The molecule has 1 aromatic carbocycles. The molecule has 1 fully saturated rings. The Kier molecular flexibility index (Phi) is 5.74. The summed E-state index contributed by atoms with van der Waals surface area (Å²) in [5, 5.41) is 4.87. The predicted octanol–water partition coefficient (Wildman–Crippen LogP) is 2.57. The van der Waals surface area contributed by atoms with E-state index in [4.69, 9.17) is 4.74 Å². The van der Waals surface area contributed by atoms with Crippen LogP contribution in [0.15, 0.2) is 41.8 Å². The van der Waals surface area contributed by atoms with Gasteiger partial charge in [-0.05, 0) is 35.4 Å². The average Bonchev–Trinajstić information content (AvgIpc) is 3.32. The number of hydrogen-bond donors (Lipinski definition) is 1. The molecule has 0 spiro atoms. The fraction of sp³-hybridized carbons (Fsp3) is 0.400. The van der Waals surface area contributed by atoms with E-state index in [2.05, 4.69) is 28.9 Å². The first-order valence-electron chi connectivity index (χ1n) is 8.70. The molecule has 6 heteroatoms. The number of carbonyl (C=O) groups is 2. The van der Waals surface area contributed by atoms with Gasteiger partial charge in [-0.25, -0.2) is 0 Å². The molecular weight excluding hydrogens is 348 g/mol. The normalized spacial score (nSPS) is 19.5. The molecule has 1 aliphatic rings. The summed E-state index contributed by atoms with van der Waals surface area (Å²) in [6.07, 6.45) is 1.26. The molecule has 5 nitrogen and oxygen atoms in total. The summed E-state index contributed by atoms with van der Waals surface area (Å²) in [7, 11) is 3.17. The van der Waals surface area contributed by atoms with Crippen molar-refractivity contribution in [1.82, 2.24) is 10.2 Å². The van der Waals surface area contributed by atoms with Gasteiger partial charge in [-0.3, -0.25) is 9.59 Å². The number of likely N-dealkylation sites (tertiary alicyclic amines) is 1. The first kappa shape index (κ1) is 18.6. The standard InChI is InChI=1S/C20H24N2O3S/c1-21-19(24)20(9-10-22(14-20)18(23)13-25-2)12-15-6-3-4-7-16(15)17-8-5-11-26-17/h3-8,11H,9-10,12-14H2,1-2H3,(H,21,24). The lowest BCUT2D eigenvalue weighted by atomic mass is 9.78. The summed E-state index contributed by atoms with van der Waals surface area (Å²) in [4.78, 5) is 27.9. The number of hydrogen-bond acceptors (Lipinski definition) is 4. The van der Waals surface area contributed by atoms with Crippen molar-refractivity contribution in [3.63, 3.8) is 0 Å². The Morgan fingerprint density at radius 1 is 1.27 bits per heavy atom. The van der Waals surface area contributed by atoms with E-state index in [-0.39, 0.29) is 18.4 Å². The monoisotopic (exact) mass is 372 g/mol. The fourth-order valence-corrected chi connectivity index (χ4v) is 4.47. The third-order valence-corrected chi connectivity index (χ3v) is 5.92. The highest BCUT2D eigenvalue weighted by Gasteiger charge is 2.45. The van der Waals surface area contributed by atoms with Crippen LogP contribution in [-0.2, 0) is 20.7 Å². The Balaban J connectivity index is 1.90. The van der Waals surface area contributed by atoms with E-state index in [1.165, 1.54) is 12.0 Å². The summed E-state index contributed by atoms with van der Waals surface area (Å²) in [5.74, 6) is -0.0731. The first-order valence-corrected chi connectivity index (χ1v) is 9.58. The van der Waals surface area contributed by atoms with Gasteiger partial charge >= 0.3 is 0 Å². The van der Waals surface area contributed by atoms with Crippen LogP contribution in [0.2, 0.25) is 0 Å². The van der Waals surface area contributed by atoms with E-state index in [9.17, 15) is 9.59 Å². The zero-order valence-corrected chi connectivity index (χ0v) is 16.0. The Bertz CT molecular complexity index is 775. The molecule has 0 bridgehead atoms. The summed E-state index contributed by atoms with van der Waals surface area (Å²) in [6.45, 7) is 1.06. The average molecular weight is 372 g/mol. The minimum Gasteiger partial charge on any atom is -0.375 e. The van der Waals surface area contributed by atoms with Gasteiger partial charge in [-0.2, -0.15) is 0 Å². The molecule has 1 aromatic heterocycles. The number of rotatable bonds is 6. The smallest absolute Gasteiger partial charge is 0.248 e. The van der Waals surface area contributed by atoms with Crippen molar-refractivity contribution < 1.29 is 14.3 Å². The number of methoxy groups -OCH3 is 1. The highest BCUT2D eigenvalue weighted by atomic mass is 32.1. The number of benzene rings is 1. The number of amides is 2. The zero-order chi connectivity index (χ0) is 18.6. The van der Waals surface area contributed by atoms with Crippen LogP contribution in [0.5, 0.6) is 0 Å². The van der Waals surface area contributed by atoms with Gasteiger partial charge in [0.25, 0.3) is 0 Å². The van der Waals surface area contributed by atoms with Crippen LogP contribution in [0, 0.1) is 5.41 Å². The molecule has 2 aromatic rings. The maximum absolute atomic E-state index is 12.8. The highest BCUT2D eigenvalue weighted by molar-refractivity contribution is 7.13. The lowest BCUT2D eigenvalue weighted by molar-refractivity contribution is -0.135. The Morgan fingerprint density at radius 3 is 2.77 bits per heavy atom. The van der Waals surface area contributed by atoms with Gasteiger partial charge in [0, 0.05) is 32.1 Å². The third-order valence-electron chi connectivity index (χ3n) is 5.02. The van der Waals surface area contributed by atoms with Crippen molar-refractivity contribution in [1.29, 1.82) is 0 Å². The minimum atomic E-state index is -0.606. The van der Waals surface area contributed by atoms with E-state index in [0.29, 0.717) is 25.9 Å². The van der Waals surface area contributed by atoms with Gasteiger partial charge < -0.3 is 15.0 Å². The van der Waals surface area contributed by atoms with Crippen LogP contribution in [0.4, 0.5) is 0 Å². The van der Waals surface area contributed by atoms with E-state index in [0.717, 1.165) is 11.1 Å². The number of ether oxygens (including phenoxy) is 1. The quantitative estimate of drug-likeness (QED) is 0.848. The lowest BCUT2D eigenvalue weighted by Crippen LogP contribution is -2.44. The summed E-state index contributed by atoms with van der Waals surface area (Å²) in [6, 6.07) is 12.3. The van der Waals surface area contributed by atoms with Crippen molar-refractivity contribution in [3.05, 3.63) is 47.3 Å². The number of nitrogens with one attached hydrogen (secondary N) is 1. The maximum Gasteiger partial charge on any atom is 0.248 e. The first-order chi connectivity index (χ1) is 12.6. The van der Waals surface area contributed by atoms with Gasteiger partial charge in [0.15, 0.2) is 0 Å². The molecule has 0 saturated carbocycles. The third kappa shape index (κ3) is 3.66. The molecule has 2 heterocycles. The summed E-state index contributed by atoms with van der Waals surface area (Å²) < 4.78 is 4.97. The molecule has 0 radical (unpaired) electrons. The molecule has 2 amide bonds. The highest BCUT2D eigenvalue weighted by Crippen LogP contribution is 2.38. The lowest BCUT2D eigenvalue weighted by Gasteiger charge is -2.28. The molecule has 26 heavy (non-hydrogen) atoms.